The minimum Gasteiger partial charge on any atom is -0.497 e. The first-order chi connectivity index (χ1) is 16.0. The molecule has 0 spiro atoms. The van der Waals surface area contributed by atoms with Crippen molar-refractivity contribution in [2.45, 2.75) is 19.9 Å². The SMILES string of the molecule is COCCCN1COc2cc(C)c3c(c2C1)O/C(=C\c1cn(C)c2ccc(OC)cc12)C3=O. The maximum Gasteiger partial charge on any atom is 0.232 e. The molecule has 0 aliphatic carbocycles. The van der Waals surface area contributed by atoms with E-state index in [2.05, 4.69) is 4.90 Å². The zero-order chi connectivity index (χ0) is 23.1. The minimum atomic E-state index is -0.0956. The molecule has 3 heterocycles. The van der Waals surface area contributed by atoms with Crippen molar-refractivity contribution in [3.63, 3.8) is 0 Å². The monoisotopic (exact) mass is 448 g/mol. The lowest BCUT2D eigenvalue weighted by atomic mass is 9.98. The normalized spacial score (nSPS) is 16.6. The van der Waals surface area contributed by atoms with Crippen molar-refractivity contribution in [1.29, 1.82) is 0 Å². The van der Waals surface area contributed by atoms with E-state index in [4.69, 9.17) is 18.9 Å². The van der Waals surface area contributed by atoms with Gasteiger partial charge < -0.3 is 23.5 Å². The largest absolute Gasteiger partial charge is 0.497 e. The van der Waals surface area contributed by atoms with Gasteiger partial charge in [0.05, 0.1) is 18.2 Å². The van der Waals surface area contributed by atoms with Crippen molar-refractivity contribution >= 4 is 22.8 Å². The molecule has 2 aliphatic heterocycles. The summed E-state index contributed by atoms with van der Waals surface area (Å²) in [5, 5.41) is 1.00. The molecule has 0 N–H and O–H groups in total. The number of ether oxygens (including phenoxy) is 4. The topological polar surface area (TPSA) is 62.2 Å². The average Bonchev–Trinajstić information content (AvgIpc) is 3.31. The number of Topliss-reactive ketones (excluding diaryl/α,β-unsaturated/α-hetero) is 1. The third-order valence-electron chi connectivity index (χ3n) is 6.32. The van der Waals surface area contributed by atoms with E-state index in [0.717, 1.165) is 52.1 Å². The number of carbonyl (C=O) groups excluding carboxylic acids is 1. The Morgan fingerprint density at radius 3 is 2.85 bits per heavy atom. The van der Waals surface area contributed by atoms with Crippen LogP contribution in [-0.4, -0.2) is 49.4 Å². The highest BCUT2D eigenvalue weighted by molar-refractivity contribution is 6.16. The van der Waals surface area contributed by atoms with Crippen molar-refractivity contribution in [1.82, 2.24) is 9.47 Å². The fourth-order valence-electron chi connectivity index (χ4n) is 4.64. The Hall–Kier alpha value is -3.29. The molecule has 7 heteroatoms. The molecule has 5 rings (SSSR count). The predicted molar refractivity (Wildman–Crippen MR) is 126 cm³/mol. The summed E-state index contributed by atoms with van der Waals surface area (Å²) >= 11 is 0. The number of rotatable bonds is 6. The molecule has 0 bridgehead atoms. The number of nitrogens with zero attached hydrogens (tertiary/aromatic N) is 2. The summed E-state index contributed by atoms with van der Waals surface area (Å²) in [5.74, 6) is 2.41. The number of aromatic nitrogens is 1. The van der Waals surface area contributed by atoms with Gasteiger partial charge in [-0.05, 0) is 49.2 Å². The van der Waals surface area contributed by atoms with Crippen LogP contribution in [0.3, 0.4) is 0 Å². The number of benzene rings is 2. The molecule has 33 heavy (non-hydrogen) atoms. The third kappa shape index (κ3) is 3.77. The van der Waals surface area contributed by atoms with E-state index in [1.165, 1.54) is 0 Å². The molecule has 3 aromatic rings. The van der Waals surface area contributed by atoms with E-state index in [1.807, 2.05) is 55.1 Å². The highest BCUT2D eigenvalue weighted by atomic mass is 16.5. The minimum absolute atomic E-state index is 0.0956. The predicted octanol–water partition coefficient (Wildman–Crippen LogP) is 4.30. The molecule has 0 amide bonds. The maximum absolute atomic E-state index is 13.4. The zero-order valence-electron chi connectivity index (χ0n) is 19.4. The van der Waals surface area contributed by atoms with Crippen LogP contribution in [0.4, 0.5) is 0 Å². The van der Waals surface area contributed by atoms with Crippen molar-refractivity contribution in [2.75, 3.05) is 34.1 Å². The van der Waals surface area contributed by atoms with E-state index in [-0.39, 0.29) is 5.78 Å². The van der Waals surface area contributed by atoms with Crippen LogP contribution in [0.1, 0.15) is 33.5 Å². The van der Waals surface area contributed by atoms with Crippen LogP contribution in [0, 0.1) is 6.92 Å². The van der Waals surface area contributed by atoms with E-state index < -0.39 is 0 Å². The second-order valence-electron chi connectivity index (χ2n) is 8.56. The first-order valence-corrected chi connectivity index (χ1v) is 11.1. The van der Waals surface area contributed by atoms with Gasteiger partial charge in [-0.2, -0.15) is 0 Å². The molecule has 2 aliphatic rings. The van der Waals surface area contributed by atoms with Gasteiger partial charge in [-0.25, -0.2) is 0 Å². The first-order valence-electron chi connectivity index (χ1n) is 11.1. The van der Waals surface area contributed by atoms with Crippen molar-refractivity contribution < 1.29 is 23.7 Å². The van der Waals surface area contributed by atoms with Gasteiger partial charge >= 0.3 is 0 Å². The molecule has 0 fully saturated rings. The number of fused-ring (bicyclic) bond motifs is 4. The second kappa shape index (κ2) is 8.57. The lowest BCUT2D eigenvalue weighted by molar-refractivity contribution is 0.0822. The Morgan fingerprint density at radius 2 is 2.06 bits per heavy atom. The fourth-order valence-corrected chi connectivity index (χ4v) is 4.64. The van der Waals surface area contributed by atoms with Gasteiger partial charge in [0.1, 0.15) is 24.0 Å². The van der Waals surface area contributed by atoms with Gasteiger partial charge in [-0.1, -0.05) is 0 Å². The summed E-state index contributed by atoms with van der Waals surface area (Å²) in [6.45, 7) is 4.68. The van der Waals surface area contributed by atoms with Crippen molar-refractivity contribution in [2.24, 2.45) is 7.05 Å². The average molecular weight is 449 g/mol. The molecular weight excluding hydrogens is 420 g/mol. The first kappa shape index (κ1) is 21.6. The number of hydrogen-bond acceptors (Lipinski definition) is 6. The molecule has 172 valence electrons. The molecule has 0 radical (unpaired) electrons. The number of methoxy groups -OCH3 is 2. The lowest BCUT2D eigenvalue weighted by Gasteiger charge is -2.30. The van der Waals surface area contributed by atoms with E-state index in [0.29, 0.717) is 37.0 Å². The summed E-state index contributed by atoms with van der Waals surface area (Å²) in [6, 6.07) is 7.87. The number of aryl methyl sites for hydroxylation is 2. The molecule has 0 unspecified atom stereocenters. The smallest absolute Gasteiger partial charge is 0.232 e. The second-order valence-corrected chi connectivity index (χ2v) is 8.56. The van der Waals surface area contributed by atoms with Gasteiger partial charge in [0.15, 0.2) is 5.76 Å². The molecule has 0 saturated carbocycles. The van der Waals surface area contributed by atoms with E-state index in [1.54, 1.807) is 14.2 Å². The Balaban J connectivity index is 1.51. The molecule has 7 nitrogen and oxygen atoms in total. The van der Waals surface area contributed by atoms with Crippen molar-refractivity contribution in [3.8, 4) is 17.2 Å². The summed E-state index contributed by atoms with van der Waals surface area (Å²) in [4.78, 5) is 15.6. The van der Waals surface area contributed by atoms with Gasteiger partial charge in [0.2, 0.25) is 5.78 Å². The summed E-state index contributed by atoms with van der Waals surface area (Å²) in [7, 11) is 5.34. The Morgan fingerprint density at radius 1 is 1.21 bits per heavy atom. The van der Waals surface area contributed by atoms with Crippen LogP contribution >= 0.6 is 0 Å². The Bertz CT molecular complexity index is 1270. The van der Waals surface area contributed by atoms with Crippen LogP contribution in [0.2, 0.25) is 0 Å². The van der Waals surface area contributed by atoms with Crippen LogP contribution in [0.5, 0.6) is 17.2 Å². The Kier molecular flexibility index (Phi) is 5.60. The van der Waals surface area contributed by atoms with Crippen LogP contribution < -0.4 is 14.2 Å². The summed E-state index contributed by atoms with van der Waals surface area (Å²) in [5.41, 5.74) is 4.38. The number of allylic oxidation sites excluding steroid dienone is 1. The number of carbonyl (C=O) groups is 1. The molecule has 0 saturated heterocycles. The highest BCUT2D eigenvalue weighted by Crippen LogP contribution is 2.44. The summed E-state index contributed by atoms with van der Waals surface area (Å²) in [6.07, 6.45) is 4.74. The fraction of sp³-hybridized carbons (Fsp3) is 0.346. The van der Waals surface area contributed by atoms with Crippen LogP contribution in [0.25, 0.3) is 17.0 Å². The molecular formula is C26H28N2O5. The quantitative estimate of drug-likeness (QED) is 0.414. The highest BCUT2D eigenvalue weighted by Gasteiger charge is 2.35. The number of ketones is 1. The van der Waals surface area contributed by atoms with Gasteiger partial charge in [0, 0.05) is 56.5 Å². The van der Waals surface area contributed by atoms with Crippen LogP contribution in [0.15, 0.2) is 36.2 Å². The van der Waals surface area contributed by atoms with E-state index in [9.17, 15) is 4.79 Å². The molecule has 1 aromatic heterocycles. The maximum atomic E-state index is 13.4. The van der Waals surface area contributed by atoms with Gasteiger partial charge in [-0.3, -0.25) is 9.69 Å². The Labute approximate surface area is 193 Å². The van der Waals surface area contributed by atoms with E-state index >= 15 is 0 Å². The van der Waals surface area contributed by atoms with Crippen LogP contribution in [-0.2, 0) is 18.3 Å². The van der Waals surface area contributed by atoms with Crippen molar-refractivity contribution in [3.05, 3.63) is 58.5 Å². The zero-order valence-corrected chi connectivity index (χ0v) is 19.4. The van der Waals surface area contributed by atoms with Gasteiger partial charge in [0.25, 0.3) is 0 Å². The lowest BCUT2D eigenvalue weighted by Crippen LogP contribution is -2.33. The number of hydrogen-bond donors (Lipinski definition) is 0. The molecule has 0 atom stereocenters. The van der Waals surface area contributed by atoms with Gasteiger partial charge in [-0.15, -0.1) is 0 Å². The third-order valence-corrected chi connectivity index (χ3v) is 6.32. The molecule has 2 aromatic carbocycles. The summed E-state index contributed by atoms with van der Waals surface area (Å²) < 4.78 is 24.8. The standard InChI is InChI=1S/C26H28N2O5/c1-16-10-22-20(14-28(15-32-22)8-5-9-30-3)26-24(16)25(29)23(33-26)11-17-13-27(2)21-7-6-18(31-4)12-19(17)21/h6-7,10-13H,5,8-9,14-15H2,1-4H3/b23-11-.